The second-order valence-electron chi connectivity index (χ2n) is 3.93. The lowest BCUT2D eigenvalue weighted by Crippen LogP contribution is -2.30. The lowest BCUT2D eigenvalue weighted by atomic mass is 10.1. The molecule has 1 rings (SSSR count). The Morgan fingerprint density at radius 2 is 2.18 bits per heavy atom. The van der Waals surface area contributed by atoms with Gasteiger partial charge in [0, 0.05) is 20.0 Å². The summed E-state index contributed by atoms with van der Waals surface area (Å²) in [5.41, 5.74) is 6.28. The van der Waals surface area contributed by atoms with Gasteiger partial charge in [-0.15, -0.1) is 0 Å². The quantitative estimate of drug-likeness (QED) is 0.835. The maximum absolute atomic E-state index is 13.5. The van der Waals surface area contributed by atoms with Gasteiger partial charge in [0.25, 0.3) is 5.91 Å². The summed E-state index contributed by atoms with van der Waals surface area (Å²) >= 11 is 4.73. The number of nitrogens with zero attached hydrogens (tertiary/aromatic N) is 1. The first-order valence-corrected chi connectivity index (χ1v) is 5.62. The summed E-state index contributed by atoms with van der Waals surface area (Å²) in [5.74, 6) is -0.870. The van der Waals surface area contributed by atoms with E-state index in [9.17, 15) is 9.18 Å². The summed E-state index contributed by atoms with van der Waals surface area (Å²) in [5, 5.41) is 0. The predicted molar refractivity (Wildman–Crippen MR) is 69.5 cm³/mol. The third-order valence-electron chi connectivity index (χ3n) is 2.39. The zero-order valence-electron chi connectivity index (χ0n) is 9.87. The van der Waals surface area contributed by atoms with Crippen LogP contribution in [-0.4, -0.2) is 29.4 Å². The molecule has 0 bridgehead atoms. The highest BCUT2D eigenvalue weighted by atomic mass is 32.1. The molecular weight excluding hydrogens is 239 g/mol. The van der Waals surface area contributed by atoms with Crippen LogP contribution in [0.5, 0.6) is 0 Å². The van der Waals surface area contributed by atoms with Crippen molar-refractivity contribution < 1.29 is 9.18 Å². The number of hydrogen-bond donors (Lipinski definition) is 1. The Hall–Kier alpha value is -1.49. The van der Waals surface area contributed by atoms with Gasteiger partial charge in [-0.2, -0.15) is 0 Å². The van der Waals surface area contributed by atoms with Gasteiger partial charge in [0.15, 0.2) is 0 Å². The van der Waals surface area contributed by atoms with Crippen LogP contribution in [0.1, 0.15) is 22.3 Å². The number of benzene rings is 1. The van der Waals surface area contributed by atoms with Crippen molar-refractivity contribution in [2.45, 2.75) is 13.3 Å². The minimum absolute atomic E-state index is 0.0791. The van der Waals surface area contributed by atoms with Gasteiger partial charge in [0.2, 0.25) is 0 Å². The van der Waals surface area contributed by atoms with Crippen molar-refractivity contribution in [3.05, 3.63) is 35.1 Å². The van der Waals surface area contributed by atoms with Gasteiger partial charge in [-0.05, 0) is 19.1 Å². The van der Waals surface area contributed by atoms with E-state index in [4.69, 9.17) is 18.0 Å². The molecule has 0 aliphatic heterocycles. The number of halogens is 1. The molecule has 0 aliphatic rings. The van der Waals surface area contributed by atoms with E-state index in [-0.39, 0.29) is 11.5 Å². The molecule has 0 aromatic heterocycles. The molecule has 0 aliphatic carbocycles. The largest absolute Gasteiger partial charge is 0.393 e. The molecule has 0 saturated carbocycles. The Bertz CT molecular complexity index is 448. The molecule has 3 nitrogen and oxygen atoms in total. The summed E-state index contributed by atoms with van der Waals surface area (Å²) in [4.78, 5) is 13.7. The zero-order valence-corrected chi connectivity index (χ0v) is 10.7. The Balaban J connectivity index is 2.81. The molecule has 0 spiro atoms. The van der Waals surface area contributed by atoms with E-state index >= 15 is 0 Å². The van der Waals surface area contributed by atoms with Crippen LogP contribution in [0.3, 0.4) is 0 Å². The number of carbonyl (C=O) groups is 1. The van der Waals surface area contributed by atoms with Crippen LogP contribution in [0.25, 0.3) is 0 Å². The fraction of sp³-hybridized carbons (Fsp3) is 0.333. The first-order valence-electron chi connectivity index (χ1n) is 5.21. The average molecular weight is 254 g/mol. The Kier molecular flexibility index (Phi) is 4.57. The Morgan fingerprint density at radius 1 is 1.53 bits per heavy atom. The molecule has 0 heterocycles. The standard InChI is InChI=1S/C12H15FN2OS/c1-8-3-4-10(13)9(7-8)12(16)15(2)6-5-11(14)17/h3-4,7H,5-6H2,1-2H3,(H2,14,17). The number of carbonyl (C=O) groups excluding carboxylic acids is 1. The minimum atomic E-state index is -0.511. The summed E-state index contributed by atoms with van der Waals surface area (Å²) in [6.45, 7) is 2.20. The van der Waals surface area contributed by atoms with Gasteiger partial charge in [-0.25, -0.2) is 4.39 Å². The van der Waals surface area contributed by atoms with Crippen molar-refractivity contribution >= 4 is 23.1 Å². The third kappa shape index (κ3) is 3.78. The molecule has 0 atom stereocenters. The van der Waals surface area contributed by atoms with E-state index in [0.717, 1.165) is 5.56 Å². The Labute approximate surface area is 105 Å². The Morgan fingerprint density at radius 3 is 2.76 bits per heavy atom. The van der Waals surface area contributed by atoms with Crippen molar-refractivity contribution in [1.82, 2.24) is 4.90 Å². The summed E-state index contributed by atoms with van der Waals surface area (Å²) in [6.07, 6.45) is 0.436. The first-order chi connectivity index (χ1) is 7.91. The second kappa shape index (κ2) is 5.72. The maximum atomic E-state index is 13.5. The van der Waals surface area contributed by atoms with Crippen LogP contribution in [0.2, 0.25) is 0 Å². The number of thiocarbonyl (C=S) groups is 1. The van der Waals surface area contributed by atoms with Crippen LogP contribution in [-0.2, 0) is 0 Å². The fourth-order valence-electron chi connectivity index (χ4n) is 1.39. The average Bonchev–Trinajstić information content (AvgIpc) is 2.28. The van der Waals surface area contributed by atoms with Crippen molar-refractivity contribution in [3.63, 3.8) is 0 Å². The van der Waals surface area contributed by atoms with Crippen LogP contribution in [0, 0.1) is 12.7 Å². The van der Waals surface area contributed by atoms with Gasteiger partial charge < -0.3 is 10.6 Å². The van der Waals surface area contributed by atoms with E-state index in [0.29, 0.717) is 18.0 Å². The number of amides is 1. The molecule has 1 aromatic carbocycles. The normalized spacial score (nSPS) is 10.1. The maximum Gasteiger partial charge on any atom is 0.256 e. The predicted octanol–water partition coefficient (Wildman–Crippen LogP) is 1.88. The molecule has 1 amide bonds. The lowest BCUT2D eigenvalue weighted by Gasteiger charge is -2.17. The van der Waals surface area contributed by atoms with Gasteiger partial charge in [-0.3, -0.25) is 4.79 Å². The van der Waals surface area contributed by atoms with Crippen molar-refractivity contribution in [3.8, 4) is 0 Å². The molecule has 5 heteroatoms. The van der Waals surface area contributed by atoms with E-state index < -0.39 is 5.82 Å². The van der Waals surface area contributed by atoms with Crippen molar-refractivity contribution in [2.75, 3.05) is 13.6 Å². The van der Waals surface area contributed by atoms with Crippen molar-refractivity contribution in [2.24, 2.45) is 5.73 Å². The summed E-state index contributed by atoms with van der Waals surface area (Å²) in [6, 6.07) is 4.46. The van der Waals surface area contributed by atoms with Crippen LogP contribution in [0.4, 0.5) is 4.39 Å². The van der Waals surface area contributed by atoms with E-state index in [1.54, 1.807) is 13.1 Å². The molecule has 0 fully saturated rings. The van der Waals surface area contributed by atoms with E-state index in [1.165, 1.54) is 17.0 Å². The number of aryl methyl sites for hydroxylation is 1. The van der Waals surface area contributed by atoms with Crippen molar-refractivity contribution in [1.29, 1.82) is 0 Å². The number of nitrogens with two attached hydrogens (primary N) is 1. The highest BCUT2D eigenvalue weighted by Crippen LogP contribution is 2.12. The van der Waals surface area contributed by atoms with E-state index in [2.05, 4.69) is 0 Å². The van der Waals surface area contributed by atoms with Gasteiger partial charge >= 0.3 is 0 Å². The van der Waals surface area contributed by atoms with Gasteiger partial charge in [-0.1, -0.05) is 23.8 Å². The highest BCUT2D eigenvalue weighted by molar-refractivity contribution is 7.80. The molecule has 0 saturated heterocycles. The van der Waals surface area contributed by atoms with Gasteiger partial charge in [0.05, 0.1) is 10.6 Å². The molecule has 17 heavy (non-hydrogen) atoms. The van der Waals surface area contributed by atoms with Crippen LogP contribution < -0.4 is 5.73 Å². The third-order valence-corrected chi connectivity index (χ3v) is 2.60. The summed E-state index contributed by atoms with van der Waals surface area (Å²) < 4.78 is 13.5. The topological polar surface area (TPSA) is 46.3 Å². The molecule has 0 radical (unpaired) electrons. The van der Waals surface area contributed by atoms with E-state index in [1.807, 2.05) is 6.92 Å². The summed E-state index contributed by atoms with van der Waals surface area (Å²) in [7, 11) is 1.60. The zero-order chi connectivity index (χ0) is 13.0. The number of rotatable bonds is 4. The first kappa shape index (κ1) is 13.6. The number of hydrogen-bond acceptors (Lipinski definition) is 2. The molecule has 2 N–H and O–H groups in total. The highest BCUT2D eigenvalue weighted by Gasteiger charge is 2.16. The minimum Gasteiger partial charge on any atom is -0.393 e. The molecular formula is C12H15FN2OS. The molecule has 92 valence electrons. The molecule has 0 unspecified atom stereocenters. The van der Waals surface area contributed by atoms with Crippen LogP contribution in [0.15, 0.2) is 18.2 Å². The molecule has 1 aromatic rings. The fourth-order valence-corrected chi connectivity index (χ4v) is 1.48. The monoisotopic (exact) mass is 254 g/mol. The smallest absolute Gasteiger partial charge is 0.256 e. The SMILES string of the molecule is Cc1ccc(F)c(C(=O)N(C)CCC(N)=S)c1. The lowest BCUT2D eigenvalue weighted by molar-refractivity contribution is 0.0794. The van der Waals surface area contributed by atoms with Gasteiger partial charge in [0.1, 0.15) is 5.82 Å². The van der Waals surface area contributed by atoms with Crippen LogP contribution >= 0.6 is 12.2 Å². The second-order valence-corrected chi connectivity index (χ2v) is 4.45.